The molecule has 0 aromatic heterocycles. The number of methoxy groups -OCH3 is 2. The molecule has 5 heteroatoms. The second kappa shape index (κ2) is 8.82. The summed E-state index contributed by atoms with van der Waals surface area (Å²) >= 11 is 0. The molecule has 3 rings (SSSR count). The van der Waals surface area contributed by atoms with Gasteiger partial charge in [0, 0.05) is 11.3 Å². The summed E-state index contributed by atoms with van der Waals surface area (Å²) in [7, 11) is 3.35. The second-order valence-corrected chi connectivity index (χ2v) is 6.90. The highest BCUT2D eigenvalue weighted by Crippen LogP contribution is 2.28. The maximum Gasteiger partial charge on any atom is 0.128 e. The minimum absolute atomic E-state index is 0.376. The van der Waals surface area contributed by atoms with E-state index in [2.05, 4.69) is 23.6 Å². The van der Waals surface area contributed by atoms with Crippen LogP contribution < -0.4 is 19.3 Å². The molecule has 1 aliphatic rings. The highest BCUT2D eigenvalue weighted by atomic mass is 16.5. The first kappa shape index (κ1) is 19.1. The van der Waals surface area contributed by atoms with Crippen molar-refractivity contribution in [3.05, 3.63) is 60.2 Å². The number of rotatable bonds is 7. The number of phenolic OH excluding ortho intramolecular Hbond substituents is 1. The van der Waals surface area contributed by atoms with Gasteiger partial charge < -0.3 is 24.4 Å². The molecule has 2 aromatic rings. The standard InChI is InChI=1S/C22H28N2O3/c1-4-5-17-14-21(27-3)15-18(22(17)25)16-23-10-12-24(13-11-23)19-6-8-20(26-2)9-7-19/h4,6-9,14-15,25H,1,5,10-13,16H2,2-3H3/p+1. The average molecular weight is 369 g/mol. The highest BCUT2D eigenvalue weighted by molar-refractivity contribution is 5.49. The van der Waals surface area contributed by atoms with Gasteiger partial charge >= 0.3 is 0 Å². The number of hydrogen-bond acceptors (Lipinski definition) is 4. The van der Waals surface area contributed by atoms with Crippen LogP contribution in [0.3, 0.4) is 0 Å². The first-order chi connectivity index (χ1) is 13.1. The van der Waals surface area contributed by atoms with E-state index < -0.39 is 0 Å². The fraction of sp³-hybridized carbons (Fsp3) is 0.364. The maximum absolute atomic E-state index is 10.6. The van der Waals surface area contributed by atoms with Crippen LogP contribution >= 0.6 is 0 Å². The minimum Gasteiger partial charge on any atom is -0.507 e. The largest absolute Gasteiger partial charge is 0.507 e. The van der Waals surface area contributed by atoms with Gasteiger partial charge in [0.05, 0.1) is 46.0 Å². The molecule has 144 valence electrons. The Hall–Kier alpha value is -2.66. The Kier molecular flexibility index (Phi) is 6.24. The summed E-state index contributed by atoms with van der Waals surface area (Å²) in [5.74, 6) is 2.04. The van der Waals surface area contributed by atoms with Crippen molar-refractivity contribution in [1.29, 1.82) is 0 Å². The lowest BCUT2D eigenvalue weighted by Gasteiger charge is -2.34. The number of allylic oxidation sites excluding steroid dienone is 1. The van der Waals surface area contributed by atoms with Gasteiger partial charge in [0.2, 0.25) is 0 Å². The number of phenols is 1. The van der Waals surface area contributed by atoms with Crippen LogP contribution in [0.2, 0.25) is 0 Å². The monoisotopic (exact) mass is 369 g/mol. The molecule has 1 heterocycles. The van der Waals surface area contributed by atoms with Crippen LogP contribution in [0.5, 0.6) is 17.2 Å². The minimum atomic E-state index is 0.376. The number of hydrogen-bond donors (Lipinski definition) is 2. The molecule has 0 radical (unpaired) electrons. The Bertz CT molecular complexity index is 766. The summed E-state index contributed by atoms with van der Waals surface area (Å²) in [5.41, 5.74) is 3.04. The Labute approximate surface area is 161 Å². The molecule has 0 unspecified atom stereocenters. The van der Waals surface area contributed by atoms with E-state index in [-0.39, 0.29) is 0 Å². The Balaban J connectivity index is 1.64. The number of aromatic hydroxyl groups is 1. The lowest BCUT2D eigenvalue weighted by molar-refractivity contribution is -0.914. The van der Waals surface area contributed by atoms with E-state index in [0.717, 1.165) is 55.3 Å². The smallest absolute Gasteiger partial charge is 0.128 e. The molecule has 5 nitrogen and oxygen atoms in total. The van der Waals surface area contributed by atoms with Crippen LogP contribution in [-0.4, -0.2) is 45.5 Å². The van der Waals surface area contributed by atoms with Crippen molar-refractivity contribution in [3.8, 4) is 17.2 Å². The average Bonchev–Trinajstić information content (AvgIpc) is 2.71. The molecule has 2 aromatic carbocycles. The summed E-state index contributed by atoms with van der Waals surface area (Å²) < 4.78 is 10.6. The van der Waals surface area contributed by atoms with Crippen molar-refractivity contribution in [2.45, 2.75) is 13.0 Å². The van der Waals surface area contributed by atoms with Gasteiger partial charge in [0.15, 0.2) is 0 Å². The summed E-state index contributed by atoms with van der Waals surface area (Å²) in [6.45, 7) is 8.61. The van der Waals surface area contributed by atoms with Gasteiger partial charge in [-0.05, 0) is 42.8 Å². The van der Waals surface area contributed by atoms with Crippen molar-refractivity contribution >= 4 is 5.69 Å². The van der Waals surface area contributed by atoms with Crippen molar-refractivity contribution < 1.29 is 19.5 Å². The van der Waals surface area contributed by atoms with Gasteiger partial charge in [0.25, 0.3) is 0 Å². The zero-order valence-electron chi connectivity index (χ0n) is 16.2. The third-order valence-corrected chi connectivity index (χ3v) is 5.19. The van der Waals surface area contributed by atoms with Gasteiger partial charge in [-0.15, -0.1) is 6.58 Å². The molecule has 0 amide bonds. The van der Waals surface area contributed by atoms with Crippen LogP contribution in [0.25, 0.3) is 0 Å². The van der Waals surface area contributed by atoms with E-state index >= 15 is 0 Å². The molecular weight excluding hydrogens is 340 g/mol. The maximum atomic E-state index is 10.6. The van der Waals surface area contributed by atoms with E-state index in [4.69, 9.17) is 9.47 Å². The summed E-state index contributed by atoms with van der Waals surface area (Å²) in [4.78, 5) is 3.87. The van der Waals surface area contributed by atoms with Gasteiger partial charge in [-0.25, -0.2) is 0 Å². The zero-order chi connectivity index (χ0) is 19.2. The molecule has 1 aliphatic heterocycles. The molecule has 2 N–H and O–H groups in total. The molecular formula is C22H29N2O3+. The number of benzene rings is 2. The number of piperazine rings is 1. The van der Waals surface area contributed by atoms with Crippen molar-refractivity contribution in [2.24, 2.45) is 0 Å². The van der Waals surface area contributed by atoms with Gasteiger partial charge in [-0.3, -0.25) is 0 Å². The van der Waals surface area contributed by atoms with Gasteiger partial charge in [-0.1, -0.05) is 6.08 Å². The molecule has 1 saturated heterocycles. The SMILES string of the molecule is C=CCc1cc(OC)cc(C[NH+]2CCN(c3ccc(OC)cc3)CC2)c1O. The van der Waals surface area contributed by atoms with Crippen LogP contribution in [0, 0.1) is 0 Å². The molecule has 0 saturated carbocycles. The third-order valence-electron chi connectivity index (χ3n) is 5.19. The van der Waals surface area contributed by atoms with Crippen LogP contribution in [0.1, 0.15) is 11.1 Å². The first-order valence-electron chi connectivity index (χ1n) is 9.36. The molecule has 0 aliphatic carbocycles. The fourth-order valence-corrected chi connectivity index (χ4v) is 3.61. The number of quaternary nitrogens is 1. The number of nitrogens with zero attached hydrogens (tertiary/aromatic N) is 1. The van der Waals surface area contributed by atoms with Crippen LogP contribution in [-0.2, 0) is 13.0 Å². The lowest BCUT2D eigenvalue weighted by Crippen LogP contribution is -3.13. The summed E-state index contributed by atoms with van der Waals surface area (Å²) in [6.07, 6.45) is 2.44. The Morgan fingerprint density at radius 2 is 1.67 bits per heavy atom. The molecule has 1 fully saturated rings. The van der Waals surface area contributed by atoms with E-state index in [0.29, 0.717) is 12.2 Å². The van der Waals surface area contributed by atoms with E-state index in [1.165, 1.54) is 10.6 Å². The Morgan fingerprint density at radius 1 is 1.04 bits per heavy atom. The normalized spacial score (nSPS) is 14.8. The quantitative estimate of drug-likeness (QED) is 0.734. The molecule has 0 spiro atoms. The molecule has 0 atom stereocenters. The third kappa shape index (κ3) is 4.55. The van der Waals surface area contributed by atoms with Crippen molar-refractivity contribution in [3.63, 3.8) is 0 Å². The lowest BCUT2D eigenvalue weighted by atomic mass is 10.0. The molecule has 27 heavy (non-hydrogen) atoms. The van der Waals surface area contributed by atoms with E-state index in [1.807, 2.05) is 24.3 Å². The zero-order valence-corrected chi connectivity index (χ0v) is 16.2. The second-order valence-electron chi connectivity index (χ2n) is 6.90. The van der Waals surface area contributed by atoms with Crippen LogP contribution in [0.4, 0.5) is 5.69 Å². The van der Waals surface area contributed by atoms with Gasteiger partial charge in [0.1, 0.15) is 23.8 Å². The van der Waals surface area contributed by atoms with Crippen LogP contribution in [0.15, 0.2) is 49.1 Å². The van der Waals surface area contributed by atoms with E-state index in [9.17, 15) is 5.11 Å². The summed E-state index contributed by atoms with van der Waals surface area (Å²) in [5, 5.41) is 10.6. The molecule has 0 bridgehead atoms. The van der Waals surface area contributed by atoms with E-state index in [1.54, 1.807) is 20.3 Å². The first-order valence-corrected chi connectivity index (χ1v) is 9.36. The topological polar surface area (TPSA) is 46.4 Å². The fourth-order valence-electron chi connectivity index (χ4n) is 3.61. The predicted octanol–water partition coefficient (Wildman–Crippen LogP) is 2.04. The van der Waals surface area contributed by atoms with Crippen molar-refractivity contribution in [1.82, 2.24) is 0 Å². The predicted molar refractivity (Wildman–Crippen MR) is 108 cm³/mol. The highest BCUT2D eigenvalue weighted by Gasteiger charge is 2.22. The number of ether oxygens (including phenoxy) is 2. The van der Waals surface area contributed by atoms with Crippen molar-refractivity contribution in [2.75, 3.05) is 45.3 Å². The number of anilines is 1. The number of nitrogens with one attached hydrogen (secondary N) is 1. The summed E-state index contributed by atoms with van der Waals surface area (Å²) in [6, 6.07) is 12.1. The van der Waals surface area contributed by atoms with Gasteiger partial charge in [-0.2, -0.15) is 0 Å². The Morgan fingerprint density at radius 3 is 2.26 bits per heavy atom.